The Morgan fingerprint density at radius 2 is 2.15 bits per heavy atom. The molecular weight excluding hydrogens is 252 g/mol. The van der Waals surface area contributed by atoms with Crippen molar-refractivity contribution in [3.05, 3.63) is 35.9 Å². The lowest BCUT2D eigenvalue weighted by Gasteiger charge is -2.33. The quantitative estimate of drug-likeness (QED) is 0.821. The molecule has 1 heterocycles. The summed E-state index contributed by atoms with van der Waals surface area (Å²) in [6.45, 7) is 9.19. The summed E-state index contributed by atoms with van der Waals surface area (Å²) in [5.41, 5.74) is 0.0904. The lowest BCUT2D eigenvalue weighted by molar-refractivity contribution is -0.0287. The van der Waals surface area contributed by atoms with Gasteiger partial charge in [-0.3, -0.25) is 4.90 Å². The van der Waals surface area contributed by atoms with E-state index in [-0.39, 0.29) is 6.10 Å². The maximum atomic E-state index is 10.5. The number of rotatable bonds is 6. The molecular formula is C16H26N2O2. The first-order valence-corrected chi connectivity index (χ1v) is 7.44. The molecule has 2 atom stereocenters. The Bertz CT molecular complexity index is 395. The van der Waals surface area contributed by atoms with Gasteiger partial charge >= 0.3 is 0 Å². The fraction of sp³-hybridized carbons (Fsp3) is 0.625. The molecule has 1 aliphatic rings. The van der Waals surface area contributed by atoms with Gasteiger partial charge in [0.1, 0.15) is 0 Å². The van der Waals surface area contributed by atoms with Gasteiger partial charge in [0, 0.05) is 26.2 Å². The van der Waals surface area contributed by atoms with Crippen LogP contribution in [0.1, 0.15) is 19.4 Å². The summed E-state index contributed by atoms with van der Waals surface area (Å²) in [5, 5.41) is 13.8. The molecule has 0 radical (unpaired) electrons. The molecule has 4 nitrogen and oxygen atoms in total. The molecule has 2 rings (SSSR count). The van der Waals surface area contributed by atoms with Crippen LogP contribution in [0.4, 0.5) is 0 Å². The van der Waals surface area contributed by atoms with Crippen molar-refractivity contribution >= 4 is 0 Å². The minimum atomic E-state index is -0.847. The summed E-state index contributed by atoms with van der Waals surface area (Å²) >= 11 is 0. The molecule has 1 saturated heterocycles. The predicted molar refractivity (Wildman–Crippen MR) is 80.7 cm³/mol. The fourth-order valence-corrected chi connectivity index (χ4v) is 2.57. The molecule has 2 N–H and O–H groups in total. The van der Waals surface area contributed by atoms with Gasteiger partial charge in [-0.25, -0.2) is 0 Å². The molecule has 1 aliphatic heterocycles. The topological polar surface area (TPSA) is 44.7 Å². The molecule has 1 aromatic carbocycles. The predicted octanol–water partition coefficient (Wildman–Crippen LogP) is 1.20. The van der Waals surface area contributed by atoms with Crippen LogP contribution in [-0.2, 0) is 10.3 Å². The first-order chi connectivity index (χ1) is 9.62. The highest BCUT2D eigenvalue weighted by atomic mass is 16.5. The fourth-order valence-electron chi connectivity index (χ4n) is 2.57. The zero-order chi connectivity index (χ0) is 14.4. The Balaban J connectivity index is 1.77. The van der Waals surface area contributed by atoms with Gasteiger partial charge in [0.05, 0.1) is 18.3 Å². The van der Waals surface area contributed by atoms with E-state index in [1.807, 2.05) is 37.3 Å². The second-order valence-electron chi connectivity index (χ2n) is 5.66. The monoisotopic (exact) mass is 278 g/mol. The number of morpholine rings is 1. The molecule has 0 amide bonds. The normalized spacial score (nSPS) is 23.4. The Labute approximate surface area is 121 Å². The van der Waals surface area contributed by atoms with Crippen LogP contribution in [0.25, 0.3) is 0 Å². The number of likely N-dealkylation sites (N-methyl/N-ethyl adjacent to an activating group) is 1. The molecule has 2 unspecified atom stereocenters. The highest BCUT2D eigenvalue weighted by molar-refractivity contribution is 5.21. The Hall–Kier alpha value is -0.940. The summed E-state index contributed by atoms with van der Waals surface area (Å²) in [4.78, 5) is 2.39. The van der Waals surface area contributed by atoms with Gasteiger partial charge in [-0.2, -0.15) is 0 Å². The van der Waals surface area contributed by atoms with Gasteiger partial charge in [0.15, 0.2) is 0 Å². The maximum Gasteiger partial charge on any atom is 0.0992 e. The van der Waals surface area contributed by atoms with E-state index in [9.17, 15) is 5.11 Å². The van der Waals surface area contributed by atoms with E-state index < -0.39 is 5.60 Å². The van der Waals surface area contributed by atoms with Crippen molar-refractivity contribution in [2.45, 2.75) is 25.6 Å². The van der Waals surface area contributed by atoms with Crippen LogP contribution in [0.15, 0.2) is 30.3 Å². The van der Waals surface area contributed by atoms with Crippen LogP contribution in [0.2, 0.25) is 0 Å². The molecule has 0 aliphatic carbocycles. The Morgan fingerprint density at radius 3 is 2.85 bits per heavy atom. The highest BCUT2D eigenvalue weighted by Gasteiger charge is 2.24. The van der Waals surface area contributed by atoms with Crippen LogP contribution >= 0.6 is 0 Å². The van der Waals surface area contributed by atoms with Gasteiger partial charge in [-0.1, -0.05) is 37.3 Å². The van der Waals surface area contributed by atoms with Crippen molar-refractivity contribution in [2.24, 2.45) is 0 Å². The third-order valence-corrected chi connectivity index (χ3v) is 3.91. The zero-order valence-electron chi connectivity index (χ0n) is 12.5. The summed E-state index contributed by atoms with van der Waals surface area (Å²) in [7, 11) is 0. The third kappa shape index (κ3) is 4.28. The number of aliphatic hydroxyl groups is 1. The van der Waals surface area contributed by atoms with Crippen LogP contribution in [0.5, 0.6) is 0 Å². The number of nitrogens with zero attached hydrogens (tertiary/aromatic N) is 1. The van der Waals surface area contributed by atoms with Gasteiger partial charge in [0.25, 0.3) is 0 Å². The highest BCUT2D eigenvalue weighted by Crippen LogP contribution is 2.18. The third-order valence-electron chi connectivity index (χ3n) is 3.91. The number of hydrogen-bond acceptors (Lipinski definition) is 4. The van der Waals surface area contributed by atoms with Crippen LogP contribution in [0, 0.1) is 0 Å². The van der Waals surface area contributed by atoms with E-state index in [4.69, 9.17) is 4.74 Å². The zero-order valence-corrected chi connectivity index (χ0v) is 12.5. The average molecular weight is 278 g/mol. The van der Waals surface area contributed by atoms with E-state index in [0.29, 0.717) is 6.54 Å². The van der Waals surface area contributed by atoms with Gasteiger partial charge in [-0.05, 0) is 19.0 Å². The molecule has 1 fully saturated rings. The first kappa shape index (κ1) is 15.4. The van der Waals surface area contributed by atoms with Crippen molar-refractivity contribution < 1.29 is 9.84 Å². The van der Waals surface area contributed by atoms with Crippen molar-refractivity contribution in [1.82, 2.24) is 10.2 Å². The van der Waals surface area contributed by atoms with Crippen molar-refractivity contribution in [2.75, 3.05) is 39.3 Å². The molecule has 1 aromatic rings. The average Bonchev–Trinajstić information content (AvgIpc) is 2.48. The summed E-state index contributed by atoms with van der Waals surface area (Å²) in [5.74, 6) is 0. The van der Waals surface area contributed by atoms with Crippen molar-refractivity contribution in [3.8, 4) is 0 Å². The van der Waals surface area contributed by atoms with Crippen LogP contribution < -0.4 is 5.32 Å². The molecule has 20 heavy (non-hydrogen) atoms. The maximum absolute atomic E-state index is 10.5. The smallest absolute Gasteiger partial charge is 0.0992 e. The van der Waals surface area contributed by atoms with Gasteiger partial charge in [0.2, 0.25) is 0 Å². The molecule has 0 spiro atoms. The van der Waals surface area contributed by atoms with E-state index in [1.54, 1.807) is 0 Å². The largest absolute Gasteiger partial charge is 0.384 e. The SMILES string of the molecule is CCN1CCOC(CNCC(C)(O)c2ccccc2)C1. The minimum absolute atomic E-state index is 0.218. The second kappa shape index (κ2) is 7.18. The van der Waals surface area contributed by atoms with Crippen LogP contribution in [-0.4, -0.2) is 55.4 Å². The van der Waals surface area contributed by atoms with E-state index in [0.717, 1.165) is 38.3 Å². The summed E-state index contributed by atoms with van der Waals surface area (Å²) < 4.78 is 5.74. The Kier molecular flexibility index (Phi) is 5.54. The first-order valence-electron chi connectivity index (χ1n) is 7.44. The molecule has 0 bridgehead atoms. The second-order valence-corrected chi connectivity index (χ2v) is 5.66. The van der Waals surface area contributed by atoms with Gasteiger partial charge < -0.3 is 15.2 Å². The lowest BCUT2D eigenvalue weighted by Crippen LogP contribution is -2.48. The number of hydrogen-bond donors (Lipinski definition) is 2. The summed E-state index contributed by atoms with van der Waals surface area (Å²) in [6.07, 6.45) is 0.218. The number of benzene rings is 1. The molecule has 112 valence electrons. The molecule has 4 heteroatoms. The number of ether oxygens (including phenoxy) is 1. The summed E-state index contributed by atoms with van der Waals surface area (Å²) in [6, 6.07) is 9.78. The van der Waals surface area contributed by atoms with Gasteiger partial charge in [-0.15, -0.1) is 0 Å². The van der Waals surface area contributed by atoms with E-state index in [2.05, 4.69) is 17.1 Å². The van der Waals surface area contributed by atoms with Crippen molar-refractivity contribution in [3.63, 3.8) is 0 Å². The molecule has 0 saturated carbocycles. The minimum Gasteiger partial charge on any atom is -0.384 e. The lowest BCUT2D eigenvalue weighted by atomic mass is 9.96. The number of nitrogens with one attached hydrogen (secondary N) is 1. The Morgan fingerprint density at radius 1 is 1.40 bits per heavy atom. The van der Waals surface area contributed by atoms with E-state index in [1.165, 1.54) is 0 Å². The standard InChI is InChI=1S/C16H26N2O2/c1-3-18-9-10-20-15(12-18)11-17-13-16(2,19)14-7-5-4-6-8-14/h4-8,15,17,19H,3,9-13H2,1-2H3. The van der Waals surface area contributed by atoms with Crippen LogP contribution in [0.3, 0.4) is 0 Å². The van der Waals surface area contributed by atoms with E-state index >= 15 is 0 Å². The van der Waals surface area contributed by atoms with Crippen molar-refractivity contribution in [1.29, 1.82) is 0 Å². The molecule has 0 aromatic heterocycles.